The average molecular weight is 131 g/mol. The summed E-state index contributed by atoms with van der Waals surface area (Å²) < 4.78 is 0. The zero-order chi connectivity index (χ0) is 4.83. The van der Waals surface area contributed by atoms with Crippen LogP contribution in [-0.2, 0) is 0 Å². The average Bonchev–Trinajstić information content (AvgIpc) is 1.61. The summed E-state index contributed by atoms with van der Waals surface area (Å²) >= 11 is 5.38. The Morgan fingerprint density at radius 3 is 2.00 bits per heavy atom. The number of halogens is 1. The molecule has 0 rings (SSSR count). The molecule has 0 N–H and O–H groups in total. The van der Waals surface area contributed by atoms with E-state index in [9.17, 15) is 0 Å². The van der Waals surface area contributed by atoms with Crippen LogP contribution >= 0.6 is 11.6 Å². The minimum absolute atomic E-state index is 0. The second-order valence-electron chi connectivity index (χ2n) is 1.40. The minimum Gasteiger partial charge on any atom is -0.127 e. The Bertz CT molecular complexity index is 20.0. The molecule has 0 spiro atoms. The zero-order valence-corrected chi connectivity index (χ0v) is 7.08. The molecule has 0 unspecified atom stereocenters. The molecule has 0 amide bonds. The van der Waals surface area contributed by atoms with Gasteiger partial charge in [0.25, 0.3) is 0 Å². The number of unbranched alkanes of at least 4 members (excludes halogenated alkanes) is 2. The lowest BCUT2D eigenvalue weighted by Gasteiger charge is -1.84. The Hall–Kier alpha value is 1.06. The maximum Gasteiger partial charge on any atom is 0.0223 e. The van der Waals surface area contributed by atoms with Crippen molar-refractivity contribution in [3.8, 4) is 0 Å². The van der Waals surface area contributed by atoms with Gasteiger partial charge in [-0.05, 0) is 6.42 Å². The molecule has 0 nitrogen and oxygen atoms in total. The molecule has 0 saturated heterocycles. The third-order valence-corrected chi connectivity index (χ3v) is 1.00. The molecule has 7 heavy (non-hydrogen) atoms. The Kier molecular flexibility index (Phi) is 15.8. The zero-order valence-electron chi connectivity index (χ0n) is 4.91. The van der Waals surface area contributed by atoms with Gasteiger partial charge in [-0.25, -0.2) is 0 Å². The van der Waals surface area contributed by atoms with Crippen molar-refractivity contribution in [2.75, 3.05) is 5.88 Å². The van der Waals surface area contributed by atoms with Crippen molar-refractivity contribution in [2.45, 2.75) is 26.2 Å². The highest BCUT2D eigenvalue weighted by atomic mass is 35.5. The third kappa shape index (κ3) is 11.0. The second-order valence-corrected chi connectivity index (χ2v) is 1.77. The monoisotopic (exact) mass is 130 g/mol. The van der Waals surface area contributed by atoms with Gasteiger partial charge in [-0.2, -0.15) is 0 Å². The molecule has 2 radical (unpaired) electrons. The van der Waals surface area contributed by atoms with Gasteiger partial charge in [0, 0.05) is 28.9 Å². The Morgan fingerprint density at radius 2 is 1.86 bits per heavy atom. The van der Waals surface area contributed by atoms with Crippen LogP contribution < -0.4 is 0 Å². The molecule has 0 aliphatic heterocycles. The van der Waals surface area contributed by atoms with E-state index in [-0.39, 0.29) is 23.1 Å². The number of rotatable bonds is 3. The molecule has 0 saturated carbocycles. The topological polar surface area (TPSA) is 0 Å². The molecular weight excluding hydrogens is 120 g/mol. The summed E-state index contributed by atoms with van der Waals surface area (Å²) in [4.78, 5) is 0. The van der Waals surface area contributed by atoms with E-state index in [1.165, 1.54) is 19.3 Å². The van der Waals surface area contributed by atoms with Crippen LogP contribution in [0, 0.1) is 0 Å². The lowest BCUT2D eigenvalue weighted by atomic mass is 10.3. The standard InChI is InChI=1S/C5H11Cl.Mg/c1-2-3-4-5-6;/h2-5H2,1H3;. The first-order chi connectivity index (χ1) is 2.91. The van der Waals surface area contributed by atoms with Crippen molar-refractivity contribution in [3.63, 3.8) is 0 Å². The molecule has 0 aromatic heterocycles. The van der Waals surface area contributed by atoms with Crippen molar-refractivity contribution in [1.29, 1.82) is 0 Å². The number of hydrogen-bond acceptors (Lipinski definition) is 0. The van der Waals surface area contributed by atoms with Gasteiger partial charge in [0.05, 0.1) is 0 Å². The van der Waals surface area contributed by atoms with Gasteiger partial charge in [-0.3, -0.25) is 0 Å². The second kappa shape index (κ2) is 10.1. The van der Waals surface area contributed by atoms with Gasteiger partial charge in [-0.1, -0.05) is 19.8 Å². The smallest absolute Gasteiger partial charge is 0.0223 e. The van der Waals surface area contributed by atoms with Crippen molar-refractivity contribution in [2.24, 2.45) is 0 Å². The van der Waals surface area contributed by atoms with Crippen LogP contribution in [-0.4, -0.2) is 28.9 Å². The molecule has 0 aromatic carbocycles. The van der Waals surface area contributed by atoms with E-state index in [0.29, 0.717) is 0 Å². The summed E-state index contributed by atoms with van der Waals surface area (Å²) in [5.74, 6) is 0.827. The lowest BCUT2D eigenvalue weighted by Crippen LogP contribution is -1.70. The van der Waals surface area contributed by atoms with E-state index in [2.05, 4.69) is 6.92 Å². The van der Waals surface area contributed by atoms with Crippen LogP contribution in [0.2, 0.25) is 0 Å². The van der Waals surface area contributed by atoms with E-state index in [1.54, 1.807) is 0 Å². The lowest BCUT2D eigenvalue weighted by molar-refractivity contribution is 0.776. The molecule has 0 aliphatic rings. The first-order valence-electron chi connectivity index (χ1n) is 2.47. The summed E-state index contributed by atoms with van der Waals surface area (Å²) in [6, 6.07) is 0. The molecule has 0 fully saturated rings. The molecule has 40 valence electrons. The van der Waals surface area contributed by atoms with Crippen LogP contribution in [0.3, 0.4) is 0 Å². The first kappa shape index (κ1) is 10.9. The first-order valence-corrected chi connectivity index (χ1v) is 3.01. The summed E-state index contributed by atoms with van der Waals surface area (Å²) in [6.07, 6.45) is 3.73. The molecule has 0 heterocycles. The van der Waals surface area contributed by atoms with Crippen LogP contribution in [0.5, 0.6) is 0 Å². The number of hydrogen-bond donors (Lipinski definition) is 0. The normalized spacial score (nSPS) is 7.71. The van der Waals surface area contributed by atoms with Crippen molar-refractivity contribution >= 4 is 34.7 Å². The Labute approximate surface area is 66.8 Å². The van der Waals surface area contributed by atoms with Gasteiger partial charge < -0.3 is 0 Å². The minimum atomic E-state index is 0. The fraction of sp³-hybridized carbons (Fsp3) is 1.00. The maximum absolute atomic E-state index is 5.38. The SMILES string of the molecule is CCCCCCl.[Mg]. The molecule has 0 aliphatic carbocycles. The van der Waals surface area contributed by atoms with Crippen LogP contribution in [0.25, 0.3) is 0 Å². The summed E-state index contributed by atoms with van der Waals surface area (Å²) in [6.45, 7) is 2.17. The van der Waals surface area contributed by atoms with Crippen molar-refractivity contribution in [1.82, 2.24) is 0 Å². The summed E-state index contributed by atoms with van der Waals surface area (Å²) in [5.41, 5.74) is 0. The van der Waals surface area contributed by atoms with Gasteiger partial charge in [0.2, 0.25) is 0 Å². The fourth-order valence-corrected chi connectivity index (χ4v) is 0.533. The van der Waals surface area contributed by atoms with Gasteiger partial charge in [0.1, 0.15) is 0 Å². The van der Waals surface area contributed by atoms with Crippen LogP contribution in [0.4, 0.5) is 0 Å². The molecular formula is C5H11ClMg. The predicted octanol–water partition coefficient (Wildman–Crippen LogP) is 2.03. The van der Waals surface area contributed by atoms with Crippen LogP contribution in [0.1, 0.15) is 26.2 Å². The molecule has 0 aromatic rings. The van der Waals surface area contributed by atoms with Gasteiger partial charge in [0.15, 0.2) is 0 Å². The van der Waals surface area contributed by atoms with Crippen molar-refractivity contribution in [3.05, 3.63) is 0 Å². The third-order valence-electron chi connectivity index (χ3n) is 0.737. The van der Waals surface area contributed by atoms with E-state index in [0.717, 1.165) is 5.88 Å². The van der Waals surface area contributed by atoms with E-state index in [1.807, 2.05) is 0 Å². The molecule has 2 heteroatoms. The molecule has 0 atom stereocenters. The Balaban J connectivity index is 0. The molecule has 0 bridgehead atoms. The van der Waals surface area contributed by atoms with E-state index < -0.39 is 0 Å². The summed E-state index contributed by atoms with van der Waals surface area (Å²) in [5, 5.41) is 0. The Morgan fingerprint density at radius 1 is 1.29 bits per heavy atom. The summed E-state index contributed by atoms with van der Waals surface area (Å²) in [7, 11) is 0. The van der Waals surface area contributed by atoms with Crippen LogP contribution in [0.15, 0.2) is 0 Å². The van der Waals surface area contributed by atoms with Gasteiger partial charge >= 0.3 is 0 Å². The largest absolute Gasteiger partial charge is 0.127 e. The quantitative estimate of drug-likeness (QED) is 0.312. The highest BCUT2D eigenvalue weighted by Gasteiger charge is 1.76. The van der Waals surface area contributed by atoms with E-state index in [4.69, 9.17) is 11.6 Å². The highest BCUT2D eigenvalue weighted by molar-refractivity contribution is 6.17. The predicted molar refractivity (Wildman–Crippen MR) is 36.0 cm³/mol. The van der Waals surface area contributed by atoms with E-state index >= 15 is 0 Å². The maximum atomic E-state index is 5.38. The fourth-order valence-electron chi connectivity index (χ4n) is 0.344. The number of alkyl halides is 1. The van der Waals surface area contributed by atoms with Crippen molar-refractivity contribution < 1.29 is 0 Å². The highest BCUT2D eigenvalue weighted by Crippen LogP contribution is 1.93. The van der Waals surface area contributed by atoms with Gasteiger partial charge in [-0.15, -0.1) is 11.6 Å².